The fraction of sp³-hybridized carbons (Fsp3) is 0.308. The first-order valence-electron chi connectivity index (χ1n) is 5.89. The van der Waals surface area contributed by atoms with Gasteiger partial charge in [-0.25, -0.2) is 9.37 Å². The summed E-state index contributed by atoms with van der Waals surface area (Å²) in [4.78, 5) is 7.43. The predicted molar refractivity (Wildman–Crippen MR) is 75.3 cm³/mol. The molecule has 0 amide bonds. The molecule has 0 aliphatic carbocycles. The number of halogens is 2. The van der Waals surface area contributed by atoms with Crippen LogP contribution < -0.4 is 5.32 Å². The topological polar surface area (TPSA) is 49.9 Å². The molecule has 0 spiro atoms. The Balaban J connectivity index is 2.06. The van der Waals surface area contributed by atoms with Crippen molar-refractivity contribution in [2.45, 2.75) is 6.54 Å². The second kappa shape index (κ2) is 6.79. The molecule has 2 aromatic rings. The van der Waals surface area contributed by atoms with E-state index < -0.39 is 0 Å². The first-order valence-corrected chi connectivity index (χ1v) is 6.69. The van der Waals surface area contributed by atoms with E-state index in [2.05, 4.69) is 31.2 Å². The molecular formula is C13H15BrFN3O. The lowest BCUT2D eigenvalue weighted by Crippen LogP contribution is -2.18. The van der Waals surface area contributed by atoms with Crippen LogP contribution in [-0.2, 0) is 11.3 Å². The summed E-state index contributed by atoms with van der Waals surface area (Å²) >= 11 is 3.39. The van der Waals surface area contributed by atoms with Crippen molar-refractivity contribution in [1.82, 2.24) is 15.3 Å². The van der Waals surface area contributed by atoms with Gasteiger partial charge in [0.25, 0.3) is 0 Å². The zero-order valence-electron chi connectivity index (χ0n) is 10.5. The number of rotatable bonds is 6. The zero-order chi connectivity index (χ0) is 13.7. The quantitative estimate of drug-likeness (QED) is 0.802. The number of hydrogen-bond acceptors (Lipinski definition) is 3. The van der Waals surface area contributed by atoms with Crippen molar-refractivity contribution in [2.24, 2.45) is 0 Å². The maximum absolute atomic E-state index is 13.2. The number of ether oxygens (including phenoxy) is 1. The third-order valence-corrected chi connectivity index (χ3v) is 3.30. The number of imidazole rings is 1. The summed E-state index contributed by atoms with van der Waals surface area (Å²) in [6, 6.07) is 4.53. The van der Waals surface area contributed by atoms with Gasteiger partial charge in [-0.1, -0.05) is 15.9 Å². The van der Waals surface area contributed by atoms with Crippen LogP contribution in [0.5, 0.6) is 0 Å². The van der Waals surface area contributed by atoms with Gasteiger partial charge >= 0.3 is 0 Å². The molecule has 0 unspecified atom stereocenters. The first-order chi connectivity index (χ1) is 9.20. The molecule has 4 nitrogen and oxygen atoms in total. The molecule has 2 rings (SSSR count). The predicted octanol–water partition coefficient (Wildman–Crippen LogP) is 2.71. The Bertz CT molecular complexity index is 544. The first kappa shape index (κ1) is 14.2. The van der Waals surface area contributed by atoms with Crippen molar-refractivity contribution < 1.29 is 9.13 Å². The number of aromatic amines is 1. The molecule has 0 radical (unpaired) electrons. The Labute approximate surface area is 119 Å². The maximum Gasteiger partial charge on any atom is 0.138 e. The lowest BCUT2D eigenvalue weighted by molar-refractivity contribution is 0.199. The van der Waals surface area contributed by atoms with Gasteiger partial charge in [-0.05, 0) is 18.2 Å². The van der Waals surface area contributed by atoms with Crippen LogP contribution >= 0.6 is 15.9 Å². The van der Waals surface area contributed by atoms with Crippen LogP contribution in [0.2, 0.25) is 0 Å². The lowest BCUT2D eigenvalue weighted by Gasteiger charge is -2.02. The molecule has 1 aromatic carbocycles. The summed E-state index contributed by atoms with van der Waals surface area (Å²) in [6.07, 6.45) is 1.74. The Hall–Kier alpha value is -1.24. The molecule has 2 N–H and O–H groups in total. The van der Waals surface area contributed by atoms with Gasteiger partial charge in [0, 0.05) is 42.1 Å². The number of methoxy groups -OCH3 is 1. The SMILES string of the molecule is COCCNCc1cnc(-c2cc(F)ccc2Br)[nH]1. The molecule has 102 valence electrons. The fourth-order valence-corrected chi connectivity index (χ4v) is 2.10. The van der Waals surface area contributed by atoms with Gasteiger partial charge in [0.1, 0.15) is 11.6 Å². The van der Waals surface area contributed by atoms with Crippen molar-refractivity contribution in [3.8, 4) is 11.4 Å². The van der Waals surface area contributed by atoms with Crippen LogP contribution in [0, 0.1) is 5.82 Å². The summed E-state index contributed by atoms with van der Waals surface area (Å²) in [6.45, 7) is 2.11. The number of benzene rings is 1. The highest BCUT2D eigenvalue weighted by atomic mass is 79.9. The van der Waals surface area contributed by atoms with Crippen molar-refractivity contribution in [3.63, 3.8) is 0 Å². The molecule has 1 aromatic heterocycles. The highest BCUT2D eigenvalue weighted by Crippen LogP contribution is 2.26. The third-order valence-electron chi connectivity index (χ3n) is 2.61. The molecule has 19 heavy (non-hydrogen) atoms. The Morgan fingerprint density at radius 1 is 1.47 bits per heavy atom. The van der Waals surface area contributed by atoms with E-state index in [9.17, 15) is 4.39 Å². The number of nitrogens with zero attached hydrogens (tertiary/aromatic N) is 1. The van der Waals surface area contributed by atoms with Crippen molar-refractivity contribution in [3.05, 3.63) is 40.4 Å². The summed E-state index contributed by atoms with van der Waals surface area (Å²) in [5.74, 6) is 0.365. The van der Waals surface area contributed by atoms with Gasteiger partial charge in [-0.15, -0.1) is 0 Å². The highest BCUT2D eigenvalue weighted by molar-refractivity contribution is 9.10. The summed E-state index contributed by atoms with van der Waals surface area (Å²) in [5.41, 5.74) is 1.66. The zero-order valence-corrected chi connectivity index (χ0v) is 12.1. The van der Waals surface area contributed by atoms with Crippen LogP contribution in [0.25, 0.3) is 11.4 Å². The van der Waals surface area contributed by atoms with E-state index in [1.165, 1.54) is 12.1 Å². The van der Waals surface area contributed by atoms with Gasteiger partial charge in [-0.2, -0.15) is 0 Å². The molecule has 0 saturated carbocycles. The van der Waals surface area contributed by atoms with E-state index in [0.29, 0.717) is 24.5 Å². The summed E-state index contributed by atoms with van der Waals surface area (Å²) < 4.78 is 19.0. The standard InChI is InChI=1S/C13H15BrFN3O/c1-19-5-4-16-7-10-8-17-13(18-10)11-6-9(15)2-3-12(11)14/h2-3,6,8,16H,4-5,7H2,1H3,(H,17,18). The van der Waals surface area contributed by atoms with Crippen LogP contribution in [0.15, 0.2) is 28.9 Å². The smallest absolute Gasteiger partial charge is 0.138 e. The van der Waals surface area contributed by atoms with Crippen LogP contribution in [-0.4, -0.2) is 30.2 Å². The Morgan fingerprint density at radius 2 is 2.32 bits per heavy atom. The molecule has 6 heteroatoms. The molecule has 0 bridgehead atoms. The minimum absolute atomic E-state index is 0.283. The van der Waals surface area contributed by atoms with Gasteiger partial charge in [0.15, 0.2) is 0 Å². The van der Waals surface area contributed by atoms with Crippen LogP contribution in [0.4, 0.5) is 4.39 Å². The molecule has 0 atom stereocenters. The second-order valence-corrected chi connectivity index (χ2v) is 4.91. The minimum atomic E-state index is -0.283. The average Bonchev–Trinajstić information content (AvgIpc) is 2.86. The number of nitrogens with one attached hydrogen (secondary N) is 2. The van der Waals surface area contributed by atoms with Gasteiger partial charge in [0.2, 0.25) is 0 Å². The monoisotopic (exact) mass is 327 g/mol. The molecule has 0 saturated heterocycles. The van der Waals surface area contributed by atoms with E-state index >= 15 is 0 Å². The Kier molecular flexibility index (Phi) is 5.07. The van der Waals surface area contributed by atoms with E-state index in [-0.39, 0.29) is 5.82 Å². The van der Waals surface area contributed by atoms with E-state index in [1.807, 2.05) is 0 Å². The van der Waals surface area contributed by atoms with E-state index in [1.54, 1.807) is 19.4 Å². The summed E-state index contributed by atoms with van der Waals surface area (Å²) in [7, 11) is 1.66. The van der Waals surface area contributed by atoms with Gasteiger partial charge < -0.3 is 15.0 Å². The van der Waals surface area contributed by atoms with Crippen LogP contribution in [0.3, 0.4) is 0 Å². The van der Waals surface area contributed by atoms with E-state index in [4.69, 9.17) is 4.74 Å². The highest BCUT2D eigenvalue weighted by Gasteiger charge is 2.08. The van der Waals surface area contributed by atoms with Crippen molar-refractivity contribution in [1.29, 1.82) is 0 Å². The second-order valence-electron chi connectivity index (χ2n) is 4.05. The number of hydrogen-bond donors (Lipinski definition) is 2. The minimum Gasteiger partial charge on any atom is -0.383 e. The molecular weight excluding hydrogens is 313 g/mol. The van der Waals surface area contributed by atoms with Crippen LogP contribution in [0.1, 0.15) is 5.69 Å². The normalized spacial score (nSPS) is 10.9. The molecule has 0 aliphatic heterocycles. The van der Waals surface area contributed by atoms with E-state index in [0.717, 1.165) is 16.7 Å². The summed E-state index contributed by atoms with van der Waals surface area (Å²) in [5, 5.41) is 3.21. The third kappa shape index (κ3) is 3.86. The number of aromatic nitrogens is 2. The van der Waals surface area contributed by atoms with Crippen molar-refractivity contribution >= 4 is 15.9 Å². The maximum atomic E-state index is 13.2. The molecule has 0 aliphatic rings. The fourth-order valence-electron chi connectivity index (χ4n) is 1.66. The van der Waals surface area contributed by atoms with Crippen molar-refractivity contribution in [2.75, 3.05) is 20.3 Å². The lowest BCUT2D eigenvalue weighted by atomic mass is 10.2. The van der Waals surface area contributed by atoms with Gasteiger partial charge in [-0.3, -0.25) is 0 Å². The van der Waals surface area contributed by atoms with Gasteiger partial charge in [0.05, 0.1) is 6.61 Å². The average molecular weight is 328 g/mol. The largest absolute Gasteiger partial charge is 0.383 e. The number of H-pyrrole nitrogens is 1. The molecule has 1 heterocycles. The Morgan fingerprint density at radius 3 is 3.11 bits per heavy atom. The molecule has 0 fully saturated rings.